The quantitative estimate of drug-likeness (QED) is 0.262. The number of phenols is 1. The van der Waals surface area contributed by atoms with E-state index in [9.17, 15) is 19.7 Å². The summed E-state index contributed by atoms with van der Waals surface area (Å²) in [4.78, 5) is 27.2. The highest BCUT2D eigenvalue weighted by atomic mass is 16.5. The number of allylic oxidation sites excluding steroid dienone is 2. The summed E-state index contributed by atoms with van der Waals surface area (Å²) in [5.41, 5.74) is 5.63. The highest BCUT2D eigenvalue weighted by Gasteiger charge is 2.52. The number of rotatable bonds is 6. The van der Waals surface area contributed by atoms with E-state index >= 15 is 0 Å². The average Bonchev–Trinajstić information content (AvgIpc) is 2.95. The van der Waals surface area contributed by atoms with E-state index in [1.807, 2.05) is 42.5 Å². The smallest absolute Gasteiger partial charge is 0.455 e. The van der Waals surface area contributed by atoms with Gasteiger partial charge in [0, 0.05) is 28.3 Å². The molecular weight excluding hydrogens is 499 g/mol. The number of hydrogen-bond acceptors (Lipinski definition) is 5. The topological polar surface area (TPSA) is 83.8 Å². The first-order valence-corrected chi connectivity index (χ1v) is 14.5. The van der Waals surface area contributed by atoms with Crippen molar-refractivity contribution in [1.82, 2.24) is 0 Å². The van der Waals surface area contributed by atoms with Crippen LogP contribution in [0.5, 0.6) is 5.75 Å². The number of aromatic hydroxyl groups is 1. The second kappa shape index (κ2) is 10.8. The molecule has 2 aliphatic carbocycles. The summed E-state index contributed by atoms with van der Waals surface area (Å²) in [5, 5.41) is 23.0. The van der Waals surface area contributed by atoms with Crippen molar-refractivity contribution in [2.75, 3.05) is 0 Å². The van der Waals surface area contributed by atoms with Crippen LogP contribution in [0.25, 0.3) is 16.8 Å². The minimum Gasteiger partial charge on any atom is -0.507 e. The SMILES string of the molecule is CCC/C(=C\c1ccc(O)c2ccccc12)CC[C@H]1OB(O)C[C@H]2C1=C(C)C[C@H]1C(=O)c3ccccc3C(=O)[C@H]12. The standard InChI is InChI=1S/C34H35BO5/c1-3-8-21(18-22-14-15-29(36)24-10-5-4-9-23(22)24)13-16-30-31-20(2)17-27-32(28(31)19-35(39)40-30)34(38)26-12-7-6-11-25(26)33(27)37/h4-7,9-12,14-15,18,27-28,30,32,36,39H,3,8,13,16-17,19H2,1-2H3/b21-18+/t27-,28+,30-,32-/m1/s1. The van der Waals surface area contributed by atoms with Gasteiger partial charge in [0.1, 0.15) is 5.75 Å². The van der Waals surface area contributed by atoms with Crippen molar-refractivity contribution in [3.05, 3.63) is 94.1 Å². The second-order valence-electron chi connectivity index (χ2n) is 11.6. The zero-order valence-corrected chi connectivity index (χ0v) is 23.1. The van der Waals surface area contributed by atoms with E-state index in [-0.39, 0.29) is 35.3 Å². The minimum atomic E-state index is -0.968. The van der Waals surface area contributed by atoms with Crippen molar-refractivity contribution in [3.8, 4) is 5.75 Å². The van der Waals surface area contributed by atoms with Gasteiger partial charge in [-0.05, 0) is 67.4 Å². The van der Waals surface area contributed by atoms with Gasteiger partial charge in [0.2, 0.25) is 0 Å². The van der Waals surface area contributed by atoms with Gasteiger partial charge in [-0.2, -0.15) is 0 Å². The van der Waals surface area contributed by atoms with E-state index in [4.69, 9.17) is 4.65 Å². The van der Waals surface area contributed by atoms with Crippen molar-refractivity contribution >= 4 is 35.5 Å². The first-order chi connectivity index (χ1) is 19.4. The molecule has 5 nitrogen and oxygen atoms in total. The summed E-state index contributed by atoms with van der Waals surface area (Å²) >= 11 is 0. The maximum atomic E-state index is 13.7. The summed E-state index contributed by atoms with van der Waals surface area (Å²) in [6.07, 6.45) is 6.23. The molecule has 0 aromatic heterocycles. The van der Waals surface area contributed by atoms with Crippen LogP contribution in [0.4, 0.5) is 0 Å². The molecule has 6 heteroatoms. The highest BCUT2D eigenvalue weighted by molar-refractivity contribution is 6.43. The van der Waals surface area contributed by atoms with Crippen molar-refractivity contribution in [2.24, 2.45) is 17.8 Å². The number of phenolic OH excluding ortho intramolecular Hbond substituents is 1. The number of fused-ring (bicyclic) bond motifs is 5. The Morgan fingerprint density at radius 2 is 1.65 bits per heavy atom. The number of ketones is 2. The molecular formula is C34H35BO5. The van der Waals surface area contributed by atoms with Gasteiger partial charge < -0.3 is 14.8 Å². The fourth-order valence-corrected chi connectivity index (χ4v) is 7.38. The molecule has 0 saturated carbocycles. The molecule has 0 radical (unpaired) electrons. The Kier molecular flexibility index (Phi) is 7.24. The van der Waals surface area contributed by atoms with Crippen LogP contribution in [0.3, 0.4) is 0 Å². The van der Waals surface area contributed by atoms with Crippen LogP contribution >= 0.6 is 0 Å². The molecule has 1 aliphatic heterocycles. The first kappa shape index (κ1) is 26.7. The molecule has 1 saturated heterocycles. The Balaban J connectivity index is 1.30. The van der Waals surface area contributed by atoms with Gasteiger partial charge in [-0.15, -0.1) is 0 Å². The predicted octanol–water partition coefficient (Wildman–Crippen LogP) is 7.04. The molecule has 0 unspecified atom stereocenters. The van der Waals surface area contributed by atoms with E-state index in [0.717, 1.165) is 46.7 Å². The molecule has 3 aliphatic rings. The van der Waals surface area contributed by atoms with Crippen LogP contribution in [-0.2, 0) is 4.65 Å². The third-order valence-corrected chi connectivity index (χ3v) is 9.10. The lowest BCUT2D eigenvalue weighted by Gasteiger charge is -2.47. The van der Waals surface area contributed by atoms with Gasteiger partial charge in [0.25, 0.3) is 0 Å². The van der Waals surface area contributed by atoms with Gasteiger partial charge in [-0.25, -0.2) is 0 Å². The Morgan fingerprint density at radius 1 is 0.950 bits per heavy atom. The maximum absolute atomic E-state index is 13.7. The van der Waals surface area contributed by atoms with Crippen LogP contribution in [0.2, 0.25) is 6.32 Å². The number of Topliss-reactive ketones (excluding diaryl/α,β-unsaturated/α-hetero) is 2. The van der Waals surface area contributed by atoms with E-state index in [2.05, 4.69) is 19.9 Å². The third kappa shape index (κ3) is 4.63. The molecule has 4 atom stereocenters. The first-order valence-electron chi connectivity index (χ1n) is 14.5. The Bertz CT molecular complexity index is 1550. The molecule has 6 rings (SSSR count). The van der Waals surface area contributed by atoms with Gasteiger partial charge >= 0.3 is 7.12 Å². The Morgan fingerprint density at radius 3 is 2.40 bits per heavy atom. The highest BCUT2D eigenvalue weighted by Crippen LogP contribution is 2.50. The van der Waals surface area contributed by atoms with Crippen molar-refractivity contribution < 1.29 is 24.4 Å². The van der Waals surface area contributed by atoms with Crippen molar-refractivity contribution in [3.63, 3.8) is 0 Å². The molecule has 0 amide bonds. The molecule has 2 N–H and O–H groups in total. The van der Waals surface area contributed by atoms with E-state index in [1.54, 1.807) is 18.2 Å². The Labute approximate surface area is 235 Å². The van der Waals surface area contributed by atoms with Crippen LogP contribution in [0.15, 0.2) is 77.4 Å². The fraction of sp³-hybridized carbons (Fsp3) is 0.353. The predicted molar refractivity (Wildman–Crippen MR) is 158 cm³/mol. The van der Waals surface area contributed by atoms with Crippen LogP contribution in [0, 0.1) is 17.8 Å². The van der Waals surface area contributed by atoms with Gasteiger partial charge in [-0.1, -0.05) is 85.2 Å². The van der Waals surface area contributed by atoms with E-state index in [0.29, 0.717) is 30.3 Å². The zero-order valence-electron chi connectivity index (χ0n) is 23.1. The fourth-order valence-electron chi connectivity index (χ4n) is 7.38. The van der Waals surface area contributed by atoms with Crippen LogP contribution in [-0.4, -0.2) is 34.9 Å². The molecule has 0 spiro atoms. The number of carbonyl (C=O) groups is 2. The molecule has 1 heterocycles. The van der Waals surface area contributed by atoms with E-state index < -0.39 is 13.0 Å². The summed E-state index contributed by atoms with van der Waals surface area (Å²) in [7, 11) is -0.968. The summed E-state index contributed by atoms with van der Waals surface area (Å²) in [5.74, 6) is -0.676. The van der Waals surface area contributed by atoms with Crippen LogP contribution < -0.4 is 0 Å². The zero-order chi connectivity index (χ0) is 28.0. The molecule has 3 aromatic rings. The second-order valence-corrected chi connectivity index (χ2v) is 11.6. The largest absolute Gasteiger partial charge is 0.507 e. The lowest BCUT2D eigenvalue weighted by Crippen LogP contribution is -2.50. The summed E-state index contributed by atoms with van der Waals surface area (Å²) in [6, 6.07) is 18.7. The monoisotopic (exact) mass is 534 g/mol. The van der Waals surface area contributed by atoms with Gasteiger partial charge in [-0.3, -0.25) is 9.59 Å². The number of hydrogen-bond donors (Lipinski definition) is 2. The average molecular weight is 534 g/mol. The molecule has 3 aromatic carbocycles. The minimum absolute atomic E-state index is 0.0221. The molecule has 40 heavy (non-hydrogen) atoms. The maximum Gasteiger partial charge on any atom is 0.455 e. The van der Waals surface area contributed by atoms with Gasteiger partial charge in [0.05, 0.1) is 6.10 Å². The summed E-state index contributed by atoms with van der Waals surface area (Å²) < 4.78 is 6.14. The Hall–Kier alpha value is -3.48. The molecule has 1 fully saturated rings. The number of carbonyl (C=O) groups excluding carboxylic acids is 2. The molecule has 204 valence electrons. The summed E-state index contributed by atoms with van der Waals surface area (Å²) in [6.45, 7) is 4.23. The van der Waals surface area contributed by atoms with Crippen LogP contribution in [0.1, 0.15) is 72.2 Å². The molecule has 0 bridgehead atoms. The lowest BCUT2D eigenvalue weighted by atomic mass is 9.54. The lowest BCUT2D eigenvalue weighted by molar-refractivity contribution is 0.0601. The van der Waals surface area contributed by atoms with Crippen molar-refractivity contribution in [2.45, 2.75) is 58.4 Å². The third-order valence-electron chi connectivity index (χ3n) is 9.10. The van der Waals surface area contributed by atoms with E-state index in [1.165, 1.54) is 5.57 Å². The van der Waals surface area contributed by atoms with Crippen molar-refractivity contribution in [1.29, 1.82) is 0 Å². The normalized spacial score (nSPS) is 24.7. The number of benzene rings is 3. The van der Waals surface area contributed by atoms with Gasteiger partial charge in [0.15, 0.2) is 11.6 Å².